The second-order valence-electron chi connectivity index (χ2n) is 4.36. The van der Waals surface area contributed by atoms with Crippen molar-refractivity contribution in [3.63, 3.8) is 0 Å². The maximum Gasteiger partial charge on any atom is 0.338 e. The Bertz CT molecular complexity index is 555. The van der Waals surface area contributed by atoms with Gasteiger partial charge in [-0.3, -0.25) is 0 Å². The second-order valence-corrected chi connectivity index (χ2v) is 4.36. The molecule has 18 heavy (non-hydrogen) atoms. The van der Waals surface area contributed by atoms with Crippen molar-refractivity contribution in [1.29, 1.82) is 0 Å². The molecule has 0 amide bonds. The average Bonchev–Trinajstić information content (AvgIpc) is 2.45. The number of hydrogen-bond donors (Lipinski definition) is 0. The van der Waals surface area contributed by atoms with Gasteiger partial charge in [-0.15, -0.1) is 0 Å². The van der Waals surface area contributed by atoms with Crippen LogP contribution in [-0.4, -0.2) is 25.8 Å². The normalized spacial score (nSPS) is 20.7. The molecule has 1 atom stereocenters. The quantitative estimate of drug-likeness (QED) is 0.710. The van der Waals surface area contributed by atoms with Crippen molar-refractivity contribution in [1.82, 2.24) is 0 Å². The minimum absolute atomic E-state index is 0.0305. The minimum Gasteiger partial charge on any atom is -0.465 e. The summed E-state index contributed by atoms with van der Waals surface area (Å²) < 4.78 is 10.6. The highest BCUT2D eigenvalue weighted by Gasteiger charge is 2.27. The number of fused-ring (bicyclic) bond motifs is 3. The summed E-state index contributed by atoms with van der Waals surface area (Å²) >= 11 is 0. The van der Waals surface area contributed by atoms with E-state index in [9.17, 15) is 4.79 Å². The Kier molecular flexibility index (Phi) is 2.76. The highest BCUT2D eigenvalue weighted by Crippen LogP contribution is 2.35. The van der Waals surface area contributed by atoms with Gasteiger partial charge in [0.25, 0.3) is 0 Å². The molecule has 0 spiro atoms. The number of benzene rings is 1. The van der Waals surface area contributed by atoms with E-state index in [1.165, 1.54) is 7.11 Å². The summed E-state index contributed by atoms with van der Waals surface area (Å²) in [5.74, 6) is -0.299. The highest BCUT2D eigenvalue weighted by atomic mass is 16.5. The molecule has 3 heteroatoms. The molecule has 2 aliphatic rings. The Labute approximate surface area is 106 Å². The Hall–Kier alpha value is -1.87. The van der Waals surface area contributed by atoms with E-state index >= 15 is 0 Å². The fourth-order valence-corrected chi connectivity index (χ4v) is 2.52. The van der Waals surface area contributed by atoms with Gasteiger partial charge in [0.15, 0.2) is 0 Å². The number of rotatable bonds is 1. The SMILES string of the molecule is COC(=O)c1cccc2c1C1=CCCOC1C=C2. The Morgan fingerprint density at radius 3 is 3.17 bits per heavy atom. The largest absolute Gasteiger partial charge is 0.465 e. The lowest BCUT2D eigenvalue weighted by molar-refractivity contribution is 0.0600. The van der Waals surface area contributed by atoms with Crippen molar-refractivity contribution >= 4 is 17.6 Å². The molecule has 92 valence electrons. The predicted molar refractivity (Wildman–Crippen MR) is 69.1 cm³/mol. The Balaban J connectivity index is 2.20. The van der Waals surface area contributed by atoms with Crippen LogP contribution in [0.2, 0.25) is 0 Å². The van der Waals surface area contributed by atoms with Crippen molar-refractivity contribution < 1.29 is 14.3 Å². The Morgan fingerprint density at radius 2 is 2.33 bits per heavy atom. The molecule has 1 unspecified atom stereocenters. The van der Waals surface area contributed by atoms with Gasteiger partial charge >= 0.3 is 5.97 Å². The van der Waals surface area contributed by atoms with Crippen LogP contribution < -0.4 is 0 Å². The number of esters is 1. The second kappa shape index (κ2) is 4.42. The molecule has 0 radical (unpaired) electrons. The summed E-state index contributed by atoms with van der Waals surface area (Å²) in [4.78, 5) is 11.8. The van der Waals surface area contributed by atoms with Crippen LogP contribution in [0.5, 0.6) is 0 Å². The zero-order valence-corrected chi connectivity index (χ0v) is 10.2. The van der Waals surface area contributed by atoms with Crippen LogP contribution in [0.3, 0.4) is 0 Å². The van der Waals surface area contributed by atoms with Crippen LogP contribution in [0.4, 0.5) is 0 Å². The lowest BCUT2D eigenvalue weighted by atomic mass is 9.85. The van der Waals surface area contributed by atoms with Crippen LogP contribution in [0.25, 0.3) is 11.6 Å². The zero-order chi connectivity index (χ0) is 12.5. The summed E-state index contributed by atoms with van der Waals surface area (Å²) in [6.07, 6.45) is 7.05. The first-order valence-electron chi connectivity index (χ1n) is 6.03. The molecule has 0 aromatic heterocycles. The molecule has 1 aliphatic carbocycles. The van der Waals surface area contributed by atoms with Crippen molar-refractivity contribution in [2.75, 3.05) is 13.7 Å². The van der Waals surface area contributed by atoms with E-state index in [0.29, 0.717) is 5.56 Å². The van der Waals surface area contributed by atoms with Crippen LogP contribution in [0.1, 0.15) is 27.9 Å². The van der Waals surface area contributed by atoms with Gasteiger partial charge < -0.3 is 9.47 Å². The third-order valence-electron chi connectivity index (χ3n) is 3.33. The first-order valence-corrected chi connectivity index (χ1v) is 6.03. The summed E-state index contributed by atoms with van der Waals surface area (Å²) in [6.45, 7) is 0.730. The standard InChI is InChI=1S/C15H14O3/c1-17-15(16)12-5-2-4-10-7-8-13-11(14(10)12)6-3-9-18-13/h2,4-8,13H,3,9H2,1H3. The molecule has 0 N–H and O–H groups in total. The monoisotopic (exact) mass is 242 g/mol. The van der Waals surface area contributed by atoms with E-state index in [4.69, 9.17) is 9.47 Å². The first kappa shape index (κ1) is 11.2. The summed E-state index contributed by atoms with van der Waals surface area (Å²) in [6, 6.07) is 5.68. The number of methoxy groups -OCH3 is 1. The summed E-state index contributed by atoms with van der Waals surface area (Å²) in [7, 11) is 1.41. The molecule has 3 nitrogen and oxygen atoms in total. The van der Waals surface area contributed by atoms with E-state index in [1.54, 1.807) is 6.07 Å². The average molecular weight is 242 g/mol. The van der Waals surface area contributed by atoms with Crippen molar-refractivity contribution in [3.05, 3.63) is 47.0 Å². The van der Waals surface area contributed by atoms with E-state index in [-0.39, 0.29) is 12.1 Å². The molecule has 0 saturated heterocycles. The predicted octanol–water partition coefficient (Wildman–Crippen LogP) is 2.67. The van der Waals surface area contributed by atoms with E-state index in [0.717, 1.165) is 29.7 Å². The molecule has 3 rings (SSSR count). The van der Waals surface area contributed by atoms with E-state index < -0.39 is 0 Å². The minimum atomic E-state index is -0.299. The molecule has 1 heterocycles. The van der Waals surface area contributed by atoms with Gasteiger partial charge in [-0.2, -0.15) is 0 Å². The van der Waals surface area contributed by atoms with Gasteiger partial charge in [0.05, 0.1) is 19.3 Å². The third-order valence-corrected chi connectivity index (χ3v) is 3.33. The first-order chi connectivity index (χ1) is 8.81. The van der Waals surface area contributed by atoms with Crippen LogP contribution in [0, 0.1) is 0 Å². The zero-order valence-electron chi connectivity index (χ0n) is 10.2. The number of hydrogen-bond acceptors (Lipinski definition) is 3. The molecule has 0 saturated carbocycles. The third kappa shape index (κ3) is 1.68. The summed E-state index contributed by atoms with van der Waals surface area (Å²) in [5, 5.41) is 0. The molecule has 1 aromatic carbocycles. The molecule has 0 bridgehead atoms. The van der Waals surface area contributed by atoms with E-state index in [2.05, 4.69) is 6.08 Å². The maximum absolute atomic E-state index is 11.8. The van der Waals surface area contributed by atoms with Gasteiger partial charge in [0.1, 0.15) is 6.10 Å². The number of ether oxygens (including phenoxy) is 2. The van der Waals surface area contributed by atoms with Gasteiger partial charge in [-0.05, 0) is 23.6 Å². The number of carbonyl (C=O) groups excluding carboxylic acids is 1. The van der Waals surface area contributed by atoms with E-state index in [1.807, 2.05) is 24.3 Å². The molecule has 1 aromatic rings. The van der Waals surface area contributed by atoms with Crippen LogP contribution in [0.15, 0.2) is 30.4 Å². The van der Waals surface area contributed by atoms with Crippen molar-refractivity contribution in [3.8, 4) is 0 Å². The van der Waals surface area contributed by atoms with Gasteiger partial charge in [0.2, 0.25) is 0 Å². The molecule has 1 aliphatic heterocycles. The smallest absolute Gasteiger partial charge is 0.338 e. The molecular weight excluding hydrogens is 228 g/mol. The van der Waals surface area contributed by atoms with Crippen LogP contribution >= 0.6 is 0 Å². The molecular formula is C15H14O3. The van der Waals surface area contributed by atoms with Gasteiger partial charge in [-0.1, -0.05) is 30.4 Å². The molecule has 0 fully saturated rings. The van der Waals surface area contributed by atoms with Crippen molar-refractivity contribution in [2.24, 2.45) is 0 Å². The topological polar surface area (TPSA) is 35.5 Å². The number of carbonyl (C=O) groups is 1. The maximum atomic E-state index is 11.8. The van der Waals surface area contributed by atoms with Crippen molar-refractivity contribution in [2.45, 2.75) is 12.5 Å². The van der Waals surface area contributed by atoms with Gasteiger partial charge in [0, 0.05) is 5.56 Å². The van der Waals surface area contributed by atoms with Gasteiger partial charge in [-0.25, -0.2) is 4.79 Å². The lowest BCUT2D eigenvalue weighted by Gasteiger charge is -2.28. The lowest BCUT2D eigenvalue weighted by Crippen LogP contribution is -2.22. The summed E-state index contributed by atoms with van der Waals surface area (Å²) in [5.41, 5.74) is 3.70. The highest BCUT2D eigenvalue weighted by molar-refractivity contribution is 5.99. The fourth-order valence-electron chi connectivity index (χ4n) is 2.52. The fraction of sp³-hybridized carbons (Fsp3) is 0.267. The Morgan fingerprint density at radius 1 is 1.44 bits per heavy atom. The van der Waals surface area contributed by atoms with Crippen LogP contribution in [-0.2, 0) is 9.47 Å².